The van der Waals surface area contributed by atoms with Crippen molar-refractivity contribution in [3.8, 4) is 5.75 Å². The van der Waals surface area contributed by atoms with E-state index in [0.717, 1.165) is 17.6 Å². The summed E-state index contributed by atoms with van der Waals surface area (Å²) in [5.41, 5.74) is 0.497. The van der Waals surface area contributed by atoms with Gasteiger partial charge < -0.3 is 9.15 Å². The molecule has 2 aromatic rings. The smallest absolute Gasteiger partial charge is 0.387 e. The standard InChI is InChI=1S/C11H9ClF2O2/c1-2-7-3-6-4-8(12)10(16-11(13)14)5-9(6)15-7/h3-5,11H,2H2,1H3. The third kappa shape index (κ3) is 2.11. The van der Waals surface area contributed by atoms with Gasteiger partial charge in [0.25, 0.3) is 0 Å². The van der Waals surface area contributed by atoms with Crippen LogP contribution < -0.4 is 4.74 Å². The molecule has 0 N–H and O–H groups in total. The molecule has 0 bridgehead atoms. The van der Waals surface area contributed by atoms with Crippen LogP contribution in [0.3, 0.4) is 0 Å². The van der Waals surface area contributed by atoms with Crippen molar-refractivity contribution in [1.29, 1.82) is 0 Å². The summed E-state index contributed by atoms with van der Waals surface area (Å²) in [4.78, 5) is 0. The predicted molar refractivity (Wildman–Crippen MR) is 57.2 cm³/mol. The molecule has 0 saturated carbocycles. The molecule has 16 heavy (non-hydrogen) atoms. The second kappa shape index (κ2) is 4.29. The van der Waals surface area contributed by atoms with Gasteiger partial charge in [0.1, 0.15) is 17.1 Å². The summed E-state index contributed by atoms with van der Waals surface area (Å²) in [7, 11) is 0. The minimum Gasteiger partial charge on any atom is -0.461 e. The van der Waals surface area contributed by atoms with Crippen molar-refractivity contribution >= 4 is 22.6 Å². The van der Waals surface area contributed by atoms with Gasteiger partial charge in [-0.25, -0.2) is 0 Å². The number of alkyl halides is 2. The first-order valence-corrected chi connectivity index (χ1v) is 5.14. The van der Waals surface area contributed by atoms with Crippen molar-refractivity contribution < 1.29 is 17.9 Å². The average Bonchev–Trinajstić information content (AvgIpc) is 2.59. The van der Waals surface area contributed by atoms with Crippen LogP contribution in [-0.4, -0.2) is 6.61 Å². The van der Waals surface area contributed by atoms with Crippen LogP contribution in [0.2, 0.25) is 5.02 Å². The minimum atomic E-state index is -2.89. The van der Waals surface area contributed by atoms with Crippen LogP contribution in [0, 0.1) is 0 Å². The Morgan fingerprint density at radius 1 is 1.38 bits per heavy atom. The summed E-state index contributed by atoms with van der Waals surface area (Å²) in [5.74, 6) is 0.710. The van der Waals surface area contributed by atoms with E-state index in [4.69, 9.17) is 16.0 Å². The molecule has 1 aromatic carbocycles. The van der Waals surface area contributed by atoms with Crippen molar-refractivity contribution in [3.63, 3.8) is 0 Å². The Labute approximate surface area is 95.8 Å². The van der Waals surface area contributed by atoms with Crippen LogP contribution in [-0.2, 0) is 6.42 Å². The number of rotatable bonds is 3. The minimum absolute atomic E-state index is 0.0684. The quantitative estimate of drug-likeness (QED) is 0.808. The zero-order valence-electron chi connectivity index (χ0n) is 8.47. The summed E-state index contributed by atoms with van der Waals surface area (Å²) in [6.45, 7) is -0.953. The number of halogens is 3. The number of hydrogen-bond acceptors (Lipinski definition) is 2. The molecule has 1 heterocycles. The third-order valence-corrected chi connectivity index (χ3v) is 2.48. The van der Waals surface area contributed by atoms with E-state index in [0.29, 0.717) is 5.58 Å². The van der Waals surface area contributed by atoms with Crippen molar-refractivity contribution in [2.24, 2.45) is 0 Å². The van der Waals surface area contributed by atoms with Gasteiger partial charge in [-0.2, -0.15) is 8.78 Å². The monoisotopic (exact) mass is 246 g/mol. The first-order chi connectivity index (χ1) is 7.60. The summed E-state index contributed by atoms with van der Waals surface area (Å²) in [6.07, 6.45) is 0.733. The maximum absolute atomic E-state index is 12.1. The van der Waals surface area contributed by atoms with Gasteiger partial charge in [0.2, 0.25) is 0 Å². The lowest BCUT2D eigenvalue weighted by Gasteiger charge is -2.05. The Hall–Kier alpha value is -1.29. The Bertz CT molecular complexity index is 508. The Kier molecular flexibility index (Phi) is 3.01. The van der Waals surface area contributed by atoms with Gasteiger partial charge in [-0.15, -0.1) is 0 Å². The highest BCUT2D eigenvalue weighted by atomic mass is 35.5. The number of furan rings is 1. The fourth-order valence-corrected chi connectivity index (χ4v) is 1.67. The lowest BCUT2D eigenvalue weighted by atomic mass is 10.2. The van der Waals surface area contributed by atoms with Crippen LogP contribution in [0.4, 0.5) is 8.78 Å². The molecule has 1 aromatic heterocycles. The molecule has 0 aliphatic heterocycles. The summed E-state index contributed by atoms with van der Waals surface area (Å²) in [5, 5.41) is 0.930. The summed E-state index contributed by atoms with van der Waals surface area (Å²) < 4.78 is 33.8. The van der Waals surface area contributed by atoms with E-state index in [1.54, 1.807) is 6.07 Å². The fraction of sp³-hybridized carbons (Fsp3) is 0.273. The van der Waals surface area contributed by atoms with Crippen LogP contribution in [0.25, 0.3) is 11.0 Å². The van der Waals surface area contributed by atoms with Gasteiger partial charge in [-0.1, -0.05) is 18.5 Å². The first kappa shape index (κ1) is 11.2. The molecule has 0 fully saturated rings. The van der Waals surface area contributed by atoms with Gasteiger partial charge in [0.05, 0.1) is 5.02 Å². The molecule has 0 amide bonds. The van der Waals surface area contributed by atoms with E-state index in [1.165, 1.54) is 6.07 Å². The number of aryl methyl sites for hydroxylation is 1. The van der Waals surface area contributed by atoms with Crippen LogP contribution in [0.5, 0.6) is 5.75 Å². The second-order valence-corrected chi connectivity index (χ2v) is 3.67. The van der Waals surface area contributed by atoms with Gasteiger partial charge >= 0.3 is 6.61 Å². The molecule has 2 rings (SSSR count). The maximum atomic E-state index is 12.1. The van der Waals surface area contributed by atoms with Gasteiger partial charge in [0, 0.05) is 17.9 Å². The van der Waals surface area contributed by atoms with Crippen LogP contribution in [0.1, 0.15) is 12.7 Å². The van der Waals surface area contributed by atoms with Crippen molar-refractivity contribution in [2.45, 2.75) is 20.0 Å². The van der Waals surface area contributed by atoms with Gasteiger partial charge in [-0.3, -0.25) is 0 Å². The van der Waals surface area contributed by atoms with Crippen LogP contribution >= 0.6 is 11.6 Å². The van der Waals surface area contributed by atoms with E-state index in [9.17, 15) is 8.78 Å². The molecule has 0 saturated heterocycles. The maximum Gasteiger partial charge on any atom is 0.387 e. The fourth-order valence-electron chi connectivity index (χ4n) is 1.46. The van der Waals surface area contributed by atoms with E-state index >= 15 is 0 Å². The number of hydrogen-bond donors (Lipinski definition) is 0. The van der Waals surface area contributed by atoms with E-state index in [1.807, 2.05) is 13.0 Å². The van der Waals surface area contributed by atoms with E-state index < -0.39 is 6.61 Å². The molecule has 0 aliphatic carbocycles. The topological polar surface area (TPSA) is 22.4 Å². The first-order valence-electron chi connectivity index (χ1n) is 4.77. The average molecular weight is 247 g/mol. The zero-order chi connectivity index (χ0) is 11.7. The lowest BCUT2D eigenvalue weighted by molar-refractivity contribution is -0.0497. The Morgan fingerprint density at radius 2 is 2.12 bits per heavy atom. The molecule has 2 nitrogen and oxygen atoms in total. The normalized spacial score (nSPS) is 11.3. The lowest BCUT2D eigenvalue weighted by Crippen LogP contribution is -2.02. The van der Waals surface area contributed by atoms with Crippen molar-refractivity contribution in [3.05, 3.63) is 29.0 Å². The predicted octanol–water partition coefficient (Wildman–Crippen LogP) is 4.25. The number of benzene rings is 1. The molecular weight excluding hydrogens is 238 g/mol. The van der Waals surface area contributed by atoms with Crippen molar-refractivity contribution in [1.82, 2.24) is 0 Å². The Balaban J connectivity index is 2.47. The highest BCUT2D eigenvalue weighted by molar-refractivity contribution is 6.32. The number of ether oxygens (including phenoxy) is 1. The van der Waals surface area contributed by atoms with Crippen molar-refractivity contribution in [2.75, 3.05) is 0 Å². The molecule has 0 aliphatic rings. The zero-order valence-corrected chi connectivity index (χ0v) is 9.22. The van der Waals surface area contributed by atoms with E-state index in [-0.39, 0.29) is 10.8 Å². The molecule has 0 atom stereocenters. The second-order valence-electron chi connectivity index (χ2n) is 3.27. The van der Waals surface area contributed by atoms with Gasteiger partial charge in [0.15, 0.2) is 0 Å². The molecule has 0 unspecified atom stereocenters. The SMILES string of the molecule is CCc1cc2cc(Cl)c(OC(F)F)cc2o1. The highest BCUT2D eigenvalue weighted by Crippen LogP contribution is 2.32. The molecule has 5 heteroatoms. The molecular formula is C11H9ClF2O2. The summed E-state index contributed by atoms with van der Waals surface area (Å²) in [6, 6.07) is 4.76. The molecule has 86 valence electrons. The van der Waals surface area contributed by atoms with E-state index in [2.05, 4.69) is 4.74 Å². The Morgan fingerprint density at radius 3 is 2.75 bits per heavy atom. The highest BCUT2D eigenvalue weighted by Gasteiger charge is 2.12. The van der Waals surface area contributed by atoms with Gasteiger partial charge in [-0.05, 0) is 12.1 Å². The summed E-state index contributed by atoms with van der Waals surface area (Å²) >= 11 is 5.80. The number of fused-ring (bicyclic) bond motifs is 1. The largest absolute Gasteiger partial charge is 0.461 e. The van der Waals surface area contributed by atoms with Crippen LogP contribution in [0.15, 0.2) is 22.6 Å². The molecule has 0 spiro atoms. The third-order valence-electron chi connectivity index (χ3n) is 2.19. The molecule has 0 radical (unpaired) electrons.